The van der Waals surface area contributed by atoms with Gasteiger partial charge in [-0.05, 0) is 47.6 Å². The van der Waals surface area contributed by atoms with Gasteiger partial charge in [-0.1, -0.05) is 18.2 Å². The molecule has 174 valence electrons. The highest BCUT2D eigenvalue weighted by Gasteiger charge is 2.24. The van der Waals surface area contributed by atoms with Gasteiger partial charge in [0.25, 0.3) is 0 Å². The molecule has 1 aromatic carbocycles. The van der Waals surface area contributed by atoms with Crippen molar-refractivity contribution in [3.8, 4) is 11.1 Å². The van der Waals surface area contributed by atoms with Crippen LogP contribution in [0.3, 0.4) is 0 Å². The quantitative estimate of drug-likeness (QED) is 0.392. The maximum absolute atomic E-state index is 11.7. The van der Waals surface area contributed by atoms with Crippen molar-refractivity contribution in [2.45, 2.75) is 25.4 Å². The molecule has 1 amide bonds. The zero-order valence-electron chi connectivity index (χ0n) is 18.7. The lowest BCUT2D eigenvalue weighted by Crippen LogP contribution is -2.44. The predicted octanol–water partition coefficient (Wildman–Crippen LogP) is 4.36. The Kier molecular flexibility index (Phi) is 6.25. The summed E-state index contributed by atoms with van der Waals surface area (Å²) in [6.45, 7) is 5.61. The highest BCUT2D eigenvalue weighted by Crippen LogP contribution is 2.33. The number of likely N-dealkylation sites (tertiary alicyclic amines) is 1. The monoisotopic (exact) mass is 521 g/mol. The van der Waals surface area contributed by atoms with Crippen molar-refractivity contribution in [3.63, 3.8) is 0 Å². The maximum Gasteiger partial charge on any atom is 0.409 e. The fourth-order valence-corrected chi connectivity index (χ4v) is 4.84. The molecule has 4 aromatic rings. The Morgan fingerprint density at radius 1 is 1.29 bits per heavy atom. The van der Waals surface area contributed by atoms with Crippen LogP contribution in [0.2, 0.25) is 0 Å². The molecular formula is C24H24BrN7O2. The van der Waals surface area contributed by atoms with Crippen LogP contribution < -0.4 is 5.32 Å². The molecule has 0 bridgehead atoms. The smallest absolute Gasteiger partial charge is 0.409 e. The average molecular weight is 522 g/mol. The number of halogens is 1. The lowest BCUT2D eigenvalue weighted by atomic mass is 10.1. The van der Waals surface area contributed by atoms with Crippen LogP contribution in [0.15, 0.2) is 52.2 Å². The first-order chi connectivity index (χ1) is 16.6. The summed E-state index contributed by atoms with van der Waals surface area (Å²) in [5.74, 6) is 0.599. The van der Waals surface area contributed by atoms with Crippen LogP contribution in [0.1, 0.15) is 18.5 Å². The Morgan fingerprint density at radius 3 is 2.85 bits per heavy atom. The summed E-state index contributed by atoms with van der Waals surface area (Å²) in [6, 6.07) is 10.4. The zero-order valence-corrected chi connectivity index (χ0v) is 20.3. The molecule has 4 heterocycles. The number of nitrogens with one attached hydrogen (secondary N) is 1. The highest BCUT2D eigenvalue weighted by atomic mass is 79.9. The number of pyridine rings is 1. The number of rotatable bonds is 5. The summed E-state index contributed by atoms with van der Waals surface area (Å²) in [5.41, 5.74) is 4.27. The van der Waals surface area contributed by atoms with E-state index >= 15 is 0 Å². The Balaban J connectivity index is 1.43. The number of fused-ring (bicyclic) bond motifs is 2. The van der Waals surface area contributed by atoms with Gasteiger partial charge in [0, 0.05) is 48.4 Å². The number of benzene rings is 1. The number of methoxy groups -OCH3 is 1. The van der Waals surface area contributed by atoms with Crippen molar-refractivity contribution in [1.82, 2.24) is 29.8 Å². The third-order valence-corrected chi connectivity index (χ3v) is 6.98. The Labute approximate surface area is 205 Å². The summed E-state index contributed by atoms with van der Waals surface area (Å²) in [4.78, 5) is 27.2. The molecule has 1 fully saturated rings. The van der Waals surface area contributed by atoms with E-state index in [1.165, 1.54) is 7.11 Å². The van der Waals surface area contributed by atoms with E-state index in [-0.39, 0.29) is 12.1 Å². The molecule has 1 aliphatic rings. The summed E-state index contributed by atoms with van der Waals surface area (Å²) in [7, 11) is 1.41. The van der Waals surface area contributed by atoms with Crippen molar-refractivity contribution in [1.29, 1.82) is 0 Å². The molecule has 9 nitrogen and oxygen atoms in total. The second-order valence-electron chi connectivity index (χ2n) is 8.18. The molecule has 1 saturated heterocycles. The lowest BCUT2D eigenvalue weighted by molar-refractivity contribution is 0.109. The highest BCUT2D eigenvalue weighted by molar-refractivity contribution is 9.10. The first-order valence-electron chi connectivity index (χ1n) is 11.0. The van der Waals surface area contributed by atoms with E-state index in [2.05, 4.69) is 49.1 Å². The molecule has 1 aliphatic heterocycles. The maximum atomic E-state index is 11.7. The van der Waals surface area contributed by atoms with Gasteiger partial charge < -0.3 is 15.0 Å². The Hall–Kier alpha value is -3.37. The van der Waals surface area contributed by atoms with Crippen LogP contribution in [-0.2, 0) is 11.3 Å². The topological polar surface area (TPSA) is 97.0 Å². The molecule has 5 rings (SSSR count). The van der Waals surface area contributed by atoms with Crippen LogP contribution in [0.25, 0.3) is 27.7 Å². The van der Waals surface area contributed by atoms with Crippen molar-refractivity contribution < 1.29 is 9.53 Å². The van der Waals surface area contributed by atoms with Crippen LogP contribution in [0.4, 0.5) is 10.6 Å². The normalized spacial score (nSPS) is 14.6. The first-order valence-corrected chi connectivity index (χ1v) is 11.8. The summed E-state index contributed by atoms with van der Waals surface area (Å²) in [6.07, 6.45) is 5.06. The summed E-state index contributed by atoms with van der Waals surface area (Å²) >= 11 is 3.64. The molecular weight excluding hydrogens is 498 g/mol. The minimum Gasteiger partial charge on any atom is -0.453 e. The molecule has 0 spiro atoms. The van der Waals surface area contributed by atoms with Crippen LogP contribution in [-0.4, -0.2) is 63.5 Å². The van der Waals surface area contributed by atoms with Crippen molar-refractivity contribution in [2.75, 3.05) is 20.2 Å². The van der Waals surface area contributed by atoms with Crippen molar-refractivity contribution >= 4 is 51.1 Å². The third-order valence-electron chi connectivity index (χ3n) is 6.17. The number of nitrogens with zero attached hydrogens (tertiary/aromatic N) is 6. The second-order valence-corrected chi connectivity index (χ2v) is 8.97. The minimum atomic E-state index is -0.272. The molecule has 10 heteroatoms. The molecule has 3 aromatic heterocycles. The van der Waals surface area contributed by atoms with Crippen LogP contribution >= 0.6 is 15.9 Å². The van der Waals surface area contributed by atoms with Crippen LogP contribution in [0.5, 0.6) is 0 Å². The standard InChI is InChI=1S/C24H24BrN7O2/c1-26-23-21(25)20(14-27-17-7-9-31(10-8-17)24(33)34-2)30-22-18(13-29-32(22)23)16-11-15-5-3-4-6-19(15)28-12-16/h3-6,11-13,17,27H,1,7-10,14H2,2H3. The average Bonchev–Trinajstić information content (AvgIpc) is 3.30. The first kappa shape index (κ1) is 22.4. The zero-order chi connectivity index (χ0) is 23.7. The van der Waals surface area contributed by atoms with E-state index < -0.39 is 0 Å². The van der Waals surface area contributed by atoms with E-state index in [0.29, 0.717) is 31.1 Å². The minimum absolute atomic E-state index is 0.272. The fraction of sp³-hybridized carbons (Fsp3) is 0.292. The number of hydrogen-bond acceptors (Lipinski definition) is 7. The number of ether oxygens (including phenoxy) is 1. The number of aromatic nitrogens is 4. The van der Waals surface area contributed by atoms with Gasteiger partial charge in [-0.25, -0.2) is 14.8 Å². The van der Waals surface area contributed by atoms with E-state index in [1.807, 2.05) is 30.5 Å². The van der Waals surface area contributed by atoms with Crippen molar-refractivity contribution in [2.24, 2.45) is 4.99 Å². The van der Waals surface area contributed by atoms with Gasteiger partial charge >= 0.3 is 6.09 Å². The van der Waals surface area contributed by atoms with Gasteiger partial charge in [0.2, 0.25) is 0 Å². The molecule has 0 radical (unpaired) electrons. The number of para-hydroxylation sites is 1. The van der Waals surface area contributed by atoms with Gasteiger partial charge in [-0.3, -0.25) is 4.98 Å². The fourth-order valence-electron chi connectivity index (χ4n) is 4.32. The number of carbonyl (C=O) groups is 1. The van der Waals surface area contributed by atoms with Gasteiger partial charge in [0.1, 0.15) is 0 Å². The van der Waals surface area contributed by atoms with Gasteiger partial charge in [0.05, 0.1) is 29.0 Å². The van der Waals surface area contributed by atoms with E-state index in [0.717, 1.165) is 45.0 Å². The van der Waals surface area contributed by atoms with Gasteiger partial charge in [-0.2, -0.15) is 9.61 Å². The number of piperidine rings is 1. The Bertz CT molecular complexity index is 1380. The van der Waals surface area contributed by atoms with Crippen LogP contribution in [0, 0.1) is 0 Å². The largest absolute Gasteiger partial charge is 0.453 e. The molecule has 0 atom stereocenters. The third kappa shape index (κ3) is 4.14. The number of aliphatic imine (C=N–C) groups is 1. The second kappa shape index (κ2) is 9.47. The van der Waals surface area contributed by atoms with E-state index in [1.54, 1.807) is 15.6 Å². The van der Waals surface area contributed by atoms with Crippen molar-refractivity contribution in [3.05, 3.63) is 52.9 Å². The molecule has 0 unspecified atom stereocenters. The lowest BCUT2D eigenvalue weighted by Gasteiger charge is -2.31. The van der Waals surface area contributed by atoms with Gasteiger partial charge in [0.15, 0.2) is 11.5 Å². The van der Waals surface area contributed by atoms with E-state index in [4.69, 9.17) is 9.72 Å². The molecule has 0 saturated carbocycles. The van der Waals surface area contributed by atoms with E-state index in [9.17, 15) is 4.79 Å². The summed E-state index contributed by atoms with van der Waals surface area (Å²) < 4.78 is 7.27. The SMILES string of the molecule is C=Nc1c(Br)c(CNC2CCN(C(=O)OC)CC2)nc2c(-c3cnc4ccccc4c3)cnn12. The van der Waals surface area contributed by atoms with Gasteiger partial charge in [-0.15, -0.1) is 0 Å². The number of hydrogen-bond donors (Lipinski definition) is 1. The Morgan fingerprint density at radius 2 is 2.09 bits per heavy atom. The summed E-state index contributed by atoms with van der Waals surface area (Å²) in [5, 5.41) is 9.15. The molecule has 1 N–H and O–H groups in total. The molecule has 0 aliphatic carbocycles. The predicted molar refractivity (Wildman–Crippen MR) is 134 cm³/mol. The number of amides is 1. The number of carbonyl (C=O) groups excluding carboxylic acids is 1. The molecule has 34 heavy (non-hydrogen) atoms.